The molecular weight excluding hydrogens is 261 g/mol. The summed E-state index contributed by atoms with van der Waals surface area (Å²) >= 11 is 0. The van der Waals surface area contributed by atoms with E-state index in [1.807, 2.05) is 0 Å². The van der Waals surface area contributed by atoms with Crippen LogP contribution in [0.5, 0.6) is 0 Å². The molecule has 2 rings (SSSR count). The summed E-state index contributed by atoms with van der Waals surface area (Å²) in [6, 6.07) is 0. The molecule has 0 spiro atoms. The second-order valence-electron chi connectivity index (χ2n) is 3.91. The molecular formula is C9H14O4Y. The van der Waals surface area contributed by atoms with Gasteiger partial charge in [0.2, 0.25) is 0 Å². The van der Waals surface area contributed by atoms with Crippen molar-refractivity contribution in [2.45, 2.75) is 37.9 Å². The summed E-state index contributed by atoms with van der Waals surface area (Å²) < 4.78 is 11.0. The van der Waals surface area contributed by atoms with E-state index in [1.165, 1.54) is 0 Å². The van der Waals surface area contributed by atoms with Crippen LogP contribution in [-0.2, 0) is 42.2 Å². The molecule has 1 aliphatic heterocycles. The fraction of sp³-hybridized carbons (Fsp3) is 0.778. The Bertz CT molecular complexity index is 251. The minimum atomic E-state index is -0.662. The van der Waals surface area contributed by atoms with Gasteiger partial charge in [0.15, 0.2) is 5.79 Å². The fourth-order valence-electron chi connectivity index (χ4n) is 1.88. The molecule has 1 heterocycles. The summed E-state index contributed by atoms with van der Waals surface area (Å²) in [4.78, 5) is 0. The molecule has 4 nitrogen and oxygen atoms in total. The van der Waals surface area contributed by atoms with Gasteiger partial charge in [0.1, 0.15) is 18.3 Å². The van der Waals surface area contributed by atoms with E-state index in [0.717, 1.165) is 0 Å². The predicted molar refractivity (Wildman–Crippen MR) is 45.0 cm³/mol. The Balaban J connectivity index is 0.000000980. The van der Waals surface area contributed by atoms with Gasteiger partial charge in [-0.3, -0.25) is 0 Å². The van der Waals surface area contributed by atoms with E-state index < -0.39 is 11.9 Å². The van der Waals surface area contributed by atoms with Gasteiger partial charge in [-0.25, -0.2) is 0 Å². The van der Waals surface area contributed by atoms with Crippen LogP contribution in [0.2, 0.25) is 0 Å². The molecule has 14 heavy (non-hydrogen) atoms. The maximum atomic E-state index is 9.54. The summed E-state index contributed by atoms with van der Waals surface area (Å²) in [6.07, 6.45) is 0.311. The molecule has 0 aromatic rings. The number of aliphatic hydroxyl groups excluding tert-OH is 2. The molecule has 1 radical (unpaired) electrons. The average Bonchev–Trinajstić information content (AvgIpc) is 2.47. The second kappa shape index (κ2) is 4.28. The van der Waals surface area contributed by atoms with Crippen LogP contribution in [0.4, 0.5) is 0 Å². The summed E-state index contributed by atoms with van der Waals surface area (Å²) in [5.41, 5.74) is 0.711. The zero-order valence-electron chi connectivity index (χ0n) is 8.30. The zero-order valence-corrected chi connectivity index (χ0v) is 11.1. The Morgan fingerprint density at radius 1 is 1.43 bits per heavy atom. The summed E-state index contributed by atoms with van der Waals surface area (Å²) in [5.74, 6) is -0.662. The second-order valence-corrected chi connectivity index (χ2v) is 3.91. The van der Waals surface area contributed by atoms with Crippen LogP contribution in [0.3, 0.4) is 0 Å². The molecule has 0 unspecified atom stereocenters. The van der Waals surface area contributed by atoms with E-state index in [4.69, 9.17) is 14.6 Å². The van der Waals surface area contributed by atoms with E-state index in [0.29, 0.717) is 5.57 Å². The molecule has 1 fully saturated rings. The smallest absolute Gasteiger partial charge is 0.164 e. The van der Waals surface area contributed by atoms with Crippen molar-refractivity contribution in [3.8, 4) is 0 Å². The van der Waals surface area contributed by atoms with Crippen molar-refractivity contribution in [3.63, 3.8) is 0 Å². The van der Waals surface area contributed by atoms with Gasteiger partial charge in [0, 0.05) is 32.7 Å². The van der Waals surface area contributed by atoms with E-state index in [-0.39, 0.29) is 51.5 Å². The Labute approximate surface area is 108 Å². The largest absolute Gasteiger partial charge is 0.392 e. The van der Waals surface area contributed by atoms with Crippen LogP contribution in [0, 0.1) is 0 Å². The van der Waals surface area contributed by atoms with E-state index in [2.05, 4.69) is 0 Å². The van der Waals surface area contributed by atoms with Crippen molar-refractivity contribution in [2.24, 2.45) is 0 Å². The molecule has 0 bridgehead atoms. The Kier molecular flexibility index (Phi) is 3.90. The van der Waals surface area contributed by atoms with Gasteiger partial charge in [-0.2, -0.15) is 0 Å². The van der Waals surface area contributed by atoms with Crippen molar-refractivity contribution in [1.82, 2.24) is 0 Å². The topological polar surface area (TPSA) is 58.9 Å². The molecule has 0 aromatic carbocycles. The first kappa shape index (κ1) is 12.8. The van der Waals surface area contributed by atoms with Gasteiger partial charge in [-0.05, 0) is 25.5 Å². The minimum absolute atomic E-state index is 0. The molecule has 0 aromatic heterocycles. The van der Waals surface area contributed by atoms with Crippen molar-refractivity contribution in [3.05, 3.63) is 11.6 Å². The van der Waals surface area contributed by atoms with Crippen LogP contribution in [0.1, 0.15) is 13.8 Å². The van der Waals surface area contributed by atoms with E-state index in [9.17, 15) is 5.11 Å². The van der Waals surface area contributed by atoms with Gasteiger partial charge in [0.25, 0.3) is 0 Å². The van der Waals surface area contributed by atoms with E-state index >= 15 is 0 Å². The molecule has 2 aliphatic rings. The van der Waals surface area contributed by atoms with Gasteiger partial charge in [-0.15, -0.1) is 0 Å². The molecule has 77 valence electrons. The average molecular weight is 275 g/mol. The van der Waals surface area contributed by atoms with Gasteiger partial charge < -0.3 is 19.7 Å². The van der Waals surface area contributed by atoms with Crippen LogP contribution in [0.15, 0.2) is 11.6 Å². The van der Waals surface area contributed by atoms with Crippen LogP contribution in [0.25, 0.3) is 0 Å². The monoisotopic (exact) mass is 275 g/mol. The first-order valence-electron chi connectivity index (χ1n) is 4.38. The van der Waals surface area contributed by atoms with Crippen LogP contribution in [-0.4, -0.2) is 40.9 Å². The third-order valence-electron chi connectivity index (χ3n) is 2.40. The Morgan fingerprint density at radius 2 is 2.07 bits per heavy atom. The summed E-state index contributed by atoms with van der Waals surface area (Å²) in [7, 11) is 0. The molecule has 0 amide bonds. The van der Waals surface area contributed by atoms with Crippen molar-refractivity contribution < 1.29 is 52.4 Å². The van der Waals surface area contributed by atoms with E-state index in [1.54, 1.807) is 19.9 Å². The summed E-state index contributed by atoms with van der Waals surface area (Å²) in [6.45, 7) is 3.51. The summed E-state index contributed by atoms with van der Waals surface area (Å²) in [5, 5.41) is 18.5. The van der Waals surface area contributed by atoms with Crippen molar-refractivity contribution in [1.29, 1.82) is 0 Å². The number of ether oxygens (including phenoxy) is 2. The molecule has 1 aliphatic carbocycles. The molecule has 0 saturated carbocycles. The first-order valence-corrected chi connectivity index (χ1v) is 4.38. The standard InChI is InChI=1S/C9H14O4.Y/c1-9(2)12-7-5(4-10)3-6(11)8(7)13-9;/h3,6-8,10-11H,4H2,1-2H3;/t6-,7-,8+;/m1./s1. The maximum Gasteiger partial charge on any atom is 0.164 e. The third kappa shape index (κ3) is 2.10. The van der Waals surface area contributed by atoms with Crippen molar-refractivity contribution >= 4 is 0 Å². The van der Waals surface area contributed by atoms with Crippen LogP contribution >= 0.6 is 0 Å². The quantitative estimate of drug-likeness (QED) is 0.651. The van der Waals surface area contributed by atoms with Crippen molar-refractivity contribution in [2.75, 3.05) is 6.61 Å². The Morgan fingerprint density at radius 3 is 2.64 bits per heavy atom. The number of aliphatic hydroxyl groups is 2. The molecule has 2 N–H and O–H groups in total. The van der Waals surface area contributed by atoms with Gasteiger partial charge >= 0.3 is 0 Å². The molecule has 3 atom stereocenters. The number of rotatable bonds is 1. The molecule has 5 heteroatoms. The first-order chi connectivity index (χ1) is 6.03. The van der Waals surface area contributed by atoms with Crippen LogP contribution < -0.4 is 0 Å². The Hall–Kier alpha value is 0.684. The number of fused-ring (bicyclic) bond motifs is 1. The zero-order chi connectivity index (χ0) is 9.64. The normalized spacial score (nSPS) is 38.9. The molecule has 1 saturated heterocycles. The number of hydrogen-bond acceptors (Lipinski definition) is 4. The number of hydrogen-bond donors (Lipinski definition) is 2. The minimum Gasteiger partial charge on any atom is -0.392 e. The SMILES string of the molecule is CC1(C)O[C@H]2[C@H](O)C=C(CO)[C@H]2O1.[Y]. The maximum absolute atomic E-state index is 9.54. The predicted octanol–water partition coefficient (Wildman–Crippen LogP) is -0.203. The third-order valence-corrected chi connectivity index (χ3v) is 2.40. The fourth-order valence-corrected chi connectivity index (χ4v) is 1.88. The van der Waals surface area contributed by atoms with Gasteiger partial charge in [-0.1, -0.05) is 0 Å². The van der Waals surface area contributed by atoms with Gasteiger partial charge in [0.05, 0.1) is 6.61 Å².